The maximum absolute atomic E-state index is 13.2. The Hall–Kier alpha value is -2.42. The summed E-state index contributed by atoms with van der Waals surface area (Å²) in [5.74, 6) is 0.863. The number of amides is 2. The third kappa shape index (κ3) is 7.53. The van der Waals surface area contributed by atoms with E-state index in [4.69, 9.17) is 9.47 Å². The third-order valence-electron chi connectivity index (χ3n) is 6.69. The summed E-state index contributed by atoms with van der Waals surface area (Å²) in [4.78, 5) is 32.1. The molecule has 2 heterocycles. The van der Waals surface area contributed by atoms with Gasteiger partial charge in [-0.3, -0.25) is 14.5 Å². The van der Waals surface area contributed by atoms with Crippen LogP contribution in [-0.4, -0.2) is 85.6 Å². The second-order valence-electron chi connectivity index (χ2n) is 9.33. The molecular formula is C27H34BrN3O4. The number of hydrogen-bond acceptors (Lipinski definition) is 5. The Morgan fingerprint density at radius 1 is 1.09 bits per heavy atom. The van der Waals surface area contributed by atoms with E-state index in [9.17, 15) is 9.59 Å². The molecule has 188 valence electrons. The Morgan fingerprint density at radius 3 is 2.60 bits per heavy atom. The van der Waals surface area contributed by atoms with Crippen molar-refractivity contribution in [3.05, 3.63) is 64.6 Å². The van der Waals surface area contributed by atoms with Crippen molar-refractivity contribution in [2.75, 3.05) is 53.0 Å². The van der Waals surface area contributed by atoms with Crippen LogP contribution in [-0.2, 0) is 20.9 Å². The molecule has 2 saturated heterocycles. The maximum atomic E-state index is 13.2. The predicted octanol–water partition coefficient (Wildman–Crippen LogP) is 3.43. The van der Waals surface area contributed by atoms with E-state index in [1.54, 1.807) is 4.90 Å². The lowest BCUT2D eigenvalue weighted by atomic mass is 9.90. The number of carbonyl (C=O) groups is 2. The maximum Gasteiger partial charge on any atom is 0.236 e. The quantitative estimate of drug-likeness (QED) is 0.510. The molecule has 2 aliphatic rings. The number of hydrogen-bond donors (Lipinski definition) is 0. The van der Waals surface area contributed by atoms with E-state index in [-0.39, 0.29) is 23.8 Å². The third-order valence-corrected chi connectivity index (χ3v) is 7.18. The van der Waals surface area contributed by atoms with Crippen molar-refractivity contribution in [1.82, 2.24) is 14.7 Å². The summed E-state index contributed by atoms with van der Waals surface area (Å²) in [6, 6.07) is 17.7. The van der Waals surface area contributed by atoms with Gasteiger partial charge in [-0.1, -0.05) is 52.3 Å². The molecule has 0 aromatic heterocycles. The number of ether oxygens (including phenoxy) is 2. The average molecular weight is 544 g/mol. The molecule has 8 heteroatoms. The zero-order valence-corrected chi connectivity index (χ0v) is 21.9. The molecule has 2 fully saturated rings. The van der Waals surface area contributed by atoms with Gasteiger partial charge in [-0.05, 0) is 23.8 Å². The van der Waals surface area contributed by atoms with E-state index in [1.807, 2.05) is 66.5 Å². The molecule has 0 radical (unpaired) electrons. The van der Waals surface area contributed by atoms with Crippen molar-refractivity contribution >= 4 is 27.7 Å². The standard InChI is InChI=1S/C27H34BrN3O4/c1-29(18-21-6-3-2-4-7-21)26(32)16-22-19-31(27(33)20-30-12-14-34-15-13-30)11-10-25(22)35-24-9-5-8-23(28)17-24/h2-9,17,22,25H,10-16,18-20H2,1H3/t22-,25-/m0/s1. The highest BCUT2D eigenvalue weighted by molar-refractivity contribution is 9.10. The molecule has 2 aliphatic heterocycles. The Kier molecular flexibility index (Phi) is 9.18. The number of likely N-dealkylation sites (tertiary alicyclic amines) is 1. The molecule has 2 atom stereocenters. The topological polar surface area (TPSA) is 62.3 Å². The zero-order chi connectivity index (χ0) is 24.6. The van der Waals surface area contributed by atoms with Crippen LogP contribution in [0.25, 0.3) is 0 Å². The van der Waals surface area contributed by atoms with Crippen LogP contribution in [0.15, 0.2) is 59.1 Å². The largest absolute Gasteiger partial charge is 0.490 e. The van der Waals surface area contributed by atoms with E-state index in [0.717, 1.165) is 28.9 Å². The molecule has 35 heavy (non-hydrogen) atoms. The summed E-state index contributed by atoms with van der Waals surface area (Å²) in [6.07, 6.45) is 0.899. The van der Waals surface area contributed by atoms with E-state index >= 15 is 0 Å². The van der Waals surface area contributed by atoms with Crippen molar-refractivity contribution in [3.8, 4) is 5.75 Å². The molecule has 2 amide bonds. The molecular weight excluding hydrogens is 510 g/mol. The minimum atomic E-state index is -0.134. The number of benzene rings is 2. The second kappa shape index (κ2) is 12.5. The van der Waals surface area contributed by atoms with Gasteiger partial charge in [-0.15, -0.1) is 0 Å². The smallest absolute Gasteiger partial charge is 0.236 e. The predicted molar refractivity (Wildman–Crippen MR) is 138 cm³/mol. The van der Waals surface area contributed by atoms with Gasteiger partial charge in [-0.25, -0.2) is 0 Å². The highest BCUT2D eigenvalue weighted by Crippen LogP contribution is 2.28. The SMILES string of the molecule is CN(Cc1ccccc1)C(=O)C[C@H]1CN(C(=O)CN2CCOCC2)CC[C@@H]1Oc1cccc(Br)c1. The Bertz CT molecular complexity index is 983. The molecule has 0 spiro atoms. The van der Waals surface area contributed by atoms with E-state index < -0.39 is 0 Å². The number of rotatable bonds is 8. The van der Waals surface area contributed by atoms with Gasteiger partial charge in [0.15, 0.2) is 0 Å². The van der Waals surface area contributed by atoms with Crippen LogP contribution >= 0.6 is 15.9 Å². The molecule has 4 rings (SSSR count). The number of nitrogens with zero attached hydrogens (tertiary/aromatic N) is 3. The number of morpholine rings is 1. The molecule has 0 unspecified atom stereocenters. The van der Waals surface area contributed by atoms with Crippen LogP contribution in [0, 0.1) is 5.92 Å². The Labute approximate surface area is 216 Å². The van der Waals surface area contributed by atoms with Gasteiger partial charge in [0.2, 0.25) is 11.8 Å². The van der Waals surface area contributed by atoms with Gasteiger partial charge < -0.3 is 19.3 Å². The lowest BCUT2D eigenvalue weighted by Gasteiger charge is -2.39. The monoisotopic (exact) mass is 543 g/mol. The van der Waals surface area contributed by atoms with Crippen molar-refractivity contribution in [3.63, 3.8) is 0 Å². The van der Waals surface area contributed by atoms with Crippen LogP contribution in [0.2, 0.25) is 0 Å². The van der Waals surface area contributed by atoms with Gasteiger partial charge in [0.05, 0.1) is 19.8 Å². The van der Waals surface area contributed by atoms with E-state index in [2.05, 4.69) is 20.8 Å². The summed E-state index contributed by atoms with van der Waals surface area (Å²) in [5.41, 5.74) is 1.09. The fourth-order valence-electron chi connectivity index (χ4n) is 4.68. The van der Waals surface area contributed by atoms with Gasteiger partial charge in [0.25, 0.3) is 0 Å². The second-order valence-corrected chi connectivity index (χ2v) is 10.2. The highest BCUT2D eigenvalue weighted by atomic mass is 79.9. The van der Waals surface area contributed by atoms with Crippen molar-refractivity contribution in [1.29, 1.82) is 0 Å². The number of halogens is 1. The summed E-state index contributed by atoms with van der Waals surface area (Å²) in [7, 11) is 1.84. The number of piperidine rings is 1. The van der Waals surface area contributed by atoms with Gasteiger partial charge >= 0.3 is 0 Å². The normalized spacial score (nSPS) is 20.9. The molecule has 0 bridgehead atoms. The lowest BCUT2D eigenvalue weighted by Crippen LogP contribution is -2.52. The summed E-state index contributed by atoms with van der Waals surface area (Å²) in [6.45, 7) is 5.00. The van der Waals surface area contributed by atoms with E-state index in [0.29, 0.717) is 52.2 Å². The highest BCUT2D eigenvalue weighted by Gasteiger charge is 2.35. The number of carbonyl (C=O) groups excluding carboxylic acids is 2. The first-order valence-corrected chi connectivity index (χ1v) is 13.0. The molecule has 7 nitrogen and oxygen atoms in total. The Morgan fingerprint density at radius 2 is 1.86 bits per heavy atom. The minimum absolute atomic E-state index is 0.0594. The first-order chi connectivity index (χ1) is 17.0. The van der Waals surface area contributed by atoms with Crippen molar-refractivity contribution in [2.45, 2.75) is 25.5 Å². The molecule has 0 N–H and O–H groups in total. The van der Waals surface area contributed by atoms with Crippen LogP contribution in [0.1, 0.15) is 18.4 Å². The van der Waals surface area contributed by atoms with Gasteiger partial charge in [0.1, 0.15) is 11.9 Å². The molecule has 2 aromatic carbocycles. The van der Waals surface area contributed by atoms with Gasteiger partial charge in [-0.2, -0.15) is 0 Å². The van der Waals surface area contributed by atoms with Gasteiger partial charge in [0, 0.05) is 63.0 Å². The van der Waals surface area contributed by atoms with Crippen LogP contribution in [0.5, 0.6) is 5.75 Å². The van der Waals surface area contributed by atoms with Crippen molar-refractivity contribution < 1.29 is 19.1 Å². The first-order valence-electron chi connectivity index (χ1n) is 12.3. The first kappa shape index (κ1) is 25.7. The Balaban J connectivity index is 1.42. The minimum Gasteiger partial charge on any atom is -0.490 e. The lowest BCUT2D eigenvalue weighted by molar-refractivity contribution is -0.140. The van der Waals surface area contributed by atoms with Crippen LogP contribution in [0.3, 0.4) is 0 Å². The summed E-state index contributed by atoms with van der Waals surface area (Å²) in [5, 5.41) is 0. The fourth-order valence-corrected chi connectivity index (χ4v) is 5.06. The summed E-state index contributed by atoms with van der Waals surface area (Å²) >= 11 is 3.50. The van der Waals surface area contributed by atoms with E-state index in [1.165, 1.54) is 0 Å². The summed E-state index contributed by atoms with van der Waals surface area (Å²) < 4.78 is 12.7. The van der Waals surface area contributed by atoms with Crippen LogP contribution in [0.4, 0.5) is 0 Å². The van der Waals surface area contributed by atoms with Crippen LogP contribution < -0.4 is 4.74 Å². The van der Waals surface area contributed by atoms with Crippen molar-refractivity contribution in [2.24, 2.45) is 5.92 Å². The molecule has 2 aromatic rings. The molecule has 0 aliphatic carbocycles. The molecule has 0 saturated carbocycles. The zero-order valence-electron chi connectivity index (χ0n) is 20.3. The average Bonchev–Trinajstić information content (AvgIpc) is 2.86. The fraction of sp³-hybridized carbons (Fsp3) is 0.481.